The summed E-state index contributed by atoms with van der Waals surface area (Å²) < 4.78 is 1.60. The van der Waals surface area contributed by atoms with Gasteiger partial charge in [0.2, 0.25) is 0 Å². The molecule has 138 valence electrons. The maximum Gasteiger partial charge on any atom is 0.290 e. The molecule has 0 atom stereocenters. The van der Waals surface area contributed by atoms with Crippen LogP contribution in [0, 0.1) is 10.1 Å². The van der Waals surface area contributed by atoms with Gasteiger partial charge >= 0.3 is 0 Å². The van der Waals surface area contributed by atoms with Gasteiger partial charge in [-0.2, -0.15) is 5.10 Å². The molecule has 0 saturated carbocycles. The van der Waals surface area contributed by atoms with Crippen molar-refractivity contribution in [3.8, 4) is 0 Å². The van der Waals surface area contributed by atoms with E-state index < -0.39 is 10.8 Å². The Bertz CT molecular complexity index is 1030. The van der Waals surface area contributed by atoms with Crippen LogP contribution in [0.5, 0.6) is 0 Å². The Balaban J connectivity index is 1.62. The summed E-state index contributed by atoms with van der Waals surface area (Å²) >= 11 is 13.1. The van der Waals surface area contributed by atoms with Gasteiger partial charge in [0.15, 0.2) is 5.15 Å². The van der Waals surface area contributed by atoms with Gasteiger partial charge in [-0.25, -0.2) is 15.4 Å². The second-order valence-electron chi connectivity index (χ2n) is 5.13. The molecule has 2 aromatic heterocycles. The molecule has 1 amide bonds. The minimum absolute atomic E-state index is 0.0623. The SMILES string of the molecule is O=C(NN=Cc1cccc([N+](=O)[O-])c1)c1csc(Cn2cnc(Cl)c2Cl)n1. The number of hydrogen-bond donors (Lipinski definition) is 1. The van der Waals surface area contributed by atoms with Crippen LogP contribution in [-0.2, 0) is 6.54 Å². The summed E-state index contributed by atoms with van der Waals surface area (Å²) in [5.41, 5.74) is 2.94. The second-order valence-corrected chi connectivity index (χ2v) is 6.79. The Labute approximate surface area is 166 Å². The number of hydrogen-bond acceptors (Lipinski definition) is 7. The van der Waals surface area contributed by atoms with Crippen LogP contribution in [0.15, 0.2) is 41.1 Å². The standard InChI is InChI=1S/C15H10Cl2N6O3S/c16-13-14(17)22(8-18-13)6-12-20-11(7-27-12)15(24)21-19-5-9-2-1-3-10(4-9)23(25)26/h1-5,7-8H,6H2,(H,21,24). The Kier molecular flexibility index (Phi) is 5.79. The summed E-state index contributed by atoms with van der Waals surface area (Å²) in [6.45, 7) is 0.327. The van der Waals surface area contributed by atoms with Crippen LogP contribution >= 0.6 is 34.5 Å². The molecular weight excluding hydrogens is 415 g/mol. The molecule has 0 aliphatic carbocycles. The lowest BCUT2D eigenvalue weighted by atomic mass is 10.2. The largest absolute Gasteiger partial charge is 0.313 e. The molecule has 0 unspecified atom stereocenters. The van der Waals surface area contributed by atoms with Crippen molar-refractivity contribution >= 4 is 52.3 Å². The highest BCUT2D eigenvalue weighted by Gasteiger charge is 2.13. The summed E-state index contributed by atoms with van der Waals surface area (Å²) in [6.07, 6.45) is 2.79. The molecular formula is C15H10Cl2N6O3S. The number of carbonyl (C=O) groups is 1. The quantitative estimate of drug-likeness (QED) is 0.369. The number of nitro groups is 1. The molecule has 2 heterocycles. The number of thiazole rings is 1. The number of nitro benzene ring substituents is 1. The van der Waals surface area contributed by atoms with Gasteiger partial charge in [0.1, 0.15) is 15.9 Å². The van der Waals surface area contributed by atoms with Crippen LogP contribution in [-0.4, -0.2) is 31.6 Å². The van der Waals surface area contributed by atoms with E-state index in [-0.39, 0.29) is 16.5 Å². The summed E-state index contributed by atoms with van der Waals surface area (Å²) in [4.78, 5) is 30.4. The first-order chi connectivity index (χ1) is 12.9. The van der Waals surface area contributed by atoms with Crippen molar-refractivity contribution in [1.29, 1.82) is 0 Å². The third-order valence-corrected chi connectivity index (χ3v) is 4.89. The van der Waals surface area contributed by atoms with E-state index in [1.807, 2.05) is 0 Å². The fourth-order valence-corrected chi connectivity index (χ4v) is 3.10. The number of amides is 1. The topological polar surface area (TPSA) is 115 Å². The van der Waals surface area contributed by atoms with Gasteiger partial charge in [0.25, 0.3) is 11.6 Å². The maximum absolute atomic E-state index is 12.1. The molecule has 0 fully saturated rings. The number of benzene rings is 1. The molecule has 3 aromatic rings. The second kappa shape index (κ2) is 8.25. The molecule has 0 aliphatic heterocycles. The first kappa shape index (κ1) is 19.0. The number of nitrogens with one attached hydrogen (secondary N) is 1. The lowest BCUT2D eigenvalue weighted by Crippen LogP contribution is -2.18. The maximum atomic E-state index is 12.1. The van der Waals surface area contributed by atoms with Crippen molar-refractivity contribution < 1.29 is 9.72 Å². The number of aromatic nitrogens is 3. The number of nitrogens with zero attached hydrogens (tertiary/aromatic N) is 5. The highest BCUT2D eigenvalue weighted by atomic mass is 35.5. The lowest BCUT2D eigenvalue weighted by molar-refractivity contribution is -0.384. The summed E-state index contributed by atoms with van der Waals surface area (Å²) in [5.74, 6) is -0.506. The van der Waals surface area contributed by atoms with E-state index in [1.165, 1.54) is 42.1 Å². The summed E-state index contributed by atoms with van der Waals surface area (Å²) in [7, 11) is 0. The fourth-order valence-electron chi connectivity index (χ4n) is 2.03. The monoisotopic (exact) mass is 424 g/mol. The van der Waals surface area contributed by atoms with Crippen molar-refractivity contribution in [3.63, 3.8) is 0 Å². The molecule has 12 heteroatoms. The van der Waals surface area contributed by atoms with Crippen molar-refractivity contribution in [2.45, 2.75) is 6.54 Å². The van der Waals surface area contributed by atoms with E-state index in [1.54, 1.807) is 16.0 Å². The molecule has 0 spiro atoms. The van der Waals surface area contributed by atoms with Gasteiger partial charge in [0, 0.05) is 23.1 Å². The third kappa shape index (κ3) is 4.67. The van der Waals surface area contributed by atoms with Crippen LogP contribution in [0.3, 0.4) is 0 Å². The first-order valence-corrected chi connectivity index (χ1v) is 8.96. The smallest absolute Gasteiger partial charge is 0.290 e. The Morgan fingerprint density at radius 2 is 2.26 bits per heavy atom. The van der Waals surface area contributed by atoms with Crippen LogP contribution < -0.4 is 5.43 Å². The van der Waals surface area contributed by atoms with Crippen molar-refractivity contribution in [2.75, 3.05) is 0 Å². The predicted octanol–water partition coefficient (Wildman–Crippen LogP) is 3.37. The van der Waals surface area contributed by atoms with Gasteiger partial charge in [0.05, 0.1) is 24.0 Å². The predicted molar refractivity (Wildman–Crippen MR) is 102 cm³/mol. The molecule has 1 aromatic carbocycles. The first-order valence-electron chi connectivity index (χ1n) is 7.32. The Morgan fingerprint density at radius 1 is 1.44 bits per heavy atom. The van der Waals surface area contributed by atoms with Crippen molar-refractivity contribution in [1.82, 2.24) is 20.0 Å². The molecule has 1 N–H and O–H groups in total. The number of carbonyl (C=O) groups excluding carboxylic acids is 1. The number of halogens is 2. The molecule has 0 bridgehead atoms. The molecule has 3 rings (SSSR count). The van der Waals surface area contributed by atoms with Crippen LogP contribution in [0.4, 0.5) is 5.69 Å². The Hall–Kier alpha value is -2.82. The number of non-ortho nitro benzene ring substituents is 1. The summed E-state index contributed by atoms with van der Waals surface area (Å²) in [6, 6.07) is 5.87. The zero-order valence-electron chi connectivity index (χ0n) is 13.4. The van der Waals surface area contributed by atoms with Crippen molar-refractivity contribution in [2.24, 2.45) is 5.10 Å². The summed E-state index contributed by atoms with van der Waals surface area (Å²) in [5, 5.41) is 17.2. The Morgan fingerprint density at radius 3 is 2.96 bits per heavy atom. The lowest BCUT2D eigenvalue weighted by Gasteiger charge is -1.99. The van der Waals surface area contributed by atoms with E-state index in [2.05, 4.69) is 20.5 Å². The van der Waals surface area contributed by atoms with Gasteiger partial charge in [-0.05, 0) is 0 Å². The van der Waals surface area contributed by atoms with Crippen LogP contribution in [0.2, 0.25) is 10.3 Å². The molecule has 0 aliphatic rings. The minimum atomic E-state index is -0.508. The minimum Gasteiger partial charge on any atom is -0.313 e. The zero-order chi connectivity index (χ0) is 19.4. The van der Waals surface area contributed by atoms with E-state index >= 15 is 0 Å². The van der Waals surface area contributed by atoms with Gasteiger partial charge < -0.3 is 4.57 Å². The zero-order valence-corrected chi connectivity index (χ0v) is 15.7. The number of imidazole rings is 1. The highest BCUT2D eigenvalue weighted by Crippen LogP contribution is 2.21. The van der Waals surface area contributed by atoms with Gasteiger partial charge in [-0.3, -0.25) is 14.9 Å². The average molecular weight is 425 g/mol. The molecule has 27 heavy (non-hydrogen) atoms. The van der Waals surface area contributed by atoms with E-state index in [0.29, 0.717) is 22.3 Å². The van der Waals surface area contributed by atoms with Crippen LogP contribution in [0.1, 0.15) is 21.1 Å². The van der Waals surface area contributed by atoms with Crippen LogP contribution in [0.25, 0.3) is 0 Å². The van der Waals surface area contributed by atoms with E-state index in [4.69, 9.17) is 23.2 Å². The van der Waals surface area contributed by atoms with Gasteiger partial charge in [-0.1, -0.05) is 35.3 Å². The number of hydrazone groups is 1. The van der Waals surface area contributed by atoms with Crippen molar-refractivity contribution in [3.05, 3.63) is 72.7 Å². The molecule has 9 nitrogen and oxygen atoms in total. The normalized spacial score (nSPS) is 11.0. The van der Waals surface area contributed by atoms with E-state index in [9.17, 15) is 14.9 Å². The molecule has 0 saturated heterocycles. The highest BCUT2D eigenvalue weighted by molar-refractivity contribution is 7.09. The van der Waals surface area contributed by atoms with E-state index in [0.717, 1.165) is 0 Å². The number of rotatable bonds is 6. The molecule has 0 radical (unpaired) electrons. The fraction of sp³-hybridized carbons (Fsp3) is 0.0667. The van der Waals surface area contributed by atoms with Gasteiger partial charge in [-0.15, -0.1) is 11.3 Å². The average Bonchev–Trinajstić information content (AvgIpc) is 3.24. The third-order valence-electron chi connectivity index (χ3n) is 3.28.